The van der Waals surface area contributed by atoms with Crippen LogP contribution in [0, 0.1) is 10.1 Å². The largest absolute Gasteiger partial charge is 0.376 e. The lowest BCUT2D eigenvalue weighted by Gasteiger charge is -2.11. The third-order valence-corrected chi connectivity index (χ3v) is 3.41. The Morgan fingerprint density at radius 1 is 1.52 bits per heavy atom. The Kier molecular flexibility index (Phi) is 3.53. The van der Waals surface area contributed by atoms with Crippen molar-refractivity contribution in [1.29, 1.82) is 0 Å². The molecule has 1 N–H and O–H groups in total. The van der Waals surface area contributed by atoms with Gasteiger partial charge in [-0.15, -0.1) is 0 Å². The van der Waals surface area contributed by atoms with Gasteiger partial charge in [0.15, 0.2) is 0 Å². The predicted octanol–water partition coefficient (Wildman–Crippen LogP) is 1.19. The second-order valence-electron chi connectivity index (χ2n) is 4.82. The summed E-state index contributed by atoms with van der Waals surface area (Å²) >= 11 is 0. The molecule has 2 aromatic rings. The molecular formula is C13H14N4O4. The third-order valence-electron chi connectivity index (χ3n) is 3.41. The molecule has 1 aliphatic heterocycles. The summed E-state index contributed by atoms with van der Waals surface area (Å²) in [5, 5.41) is 14.0. The fraction of sp³-hybridized carbons (Fsp3) is 0.385. The lowest BCUT2D eigenvalue weighted by molar-refractivity contribution is -0.385. The minimum absolute atomic E-state index is 0.000583. The normalized spacial score (nSPS) is 18.0. The van der Waals surface area contributed by atoms with Crippen LogP contribution >= 0.6 is 0 Å². The lowest BCUT2D eigenvalue weighted by atomic mass is 10.2. The topological polar surface area (TPSA) is 98.8 Å². The van der Waals surface area contributed by atoms with Crippen molar-refractivity contribution >= 4 is 17.2 Å². The van der Waals surface area contributed by atoms with Crippen molar-refractivity contribution < 1.29 is 9.66 Å². The maximum atomic E-state index is 12.2. The minimum Gasteiger partial charge on any atom is -0.376 e. The van der Waals surface area contributed by atoms with E-state index in [1.165, 1.54) is 6.20 Å². The average molecular weight is 290 g/mol. The van der Waals surface area contributed by atoms with Gasteiger partial charge in [-0.1, -0.05) is 6.07 Å². The Morgan fingerprint density at radius 2 is 2.38 bits per heavy atom. The zero-order valence-corrected chi connectivity index (χ0v) is 11.2. The van der Waals surface area contributed by atoms with Crippen molar-refractivity contribution in [2.45, 2.75) is 18.9 Å². The third kappa shape index (κ3) is 2.57. The van der Waals surface area contributed by atoms with Crippen molar-refractivity contribution in [2.24, 2.45) is 0 Å². The molecule has 0 bridgehead atoms. The van der Waals surface area contributed by atoms with Crippen LogP contribution in [0.2, 0.25) is 0 Å². The van der Waals surface area contributed by atoms with Crippen molar-refractivity contribution in [3.05, 3.63) is 44.9 Å². The van der Waals surface area contributed by atoms with Gasteiger partial charge in [0, 0.05) is 19.3 Å². The molecule has 110 valence electrons. The predicted molar refractivity (Wildman–Crippen MR) is 75.6 cm³/mol. The van der Waals surface area contributed by atoms with E-state index < -0.39 is 16.2 Å². The Hall–Kier alpha value is -2.48. The standard InChI is InChI=1S/C13H14N4O4/c18-13-11(17(19)20)12(14-8-9-4-3-7-21-9)15-10-5-1-2-6-16(10)13/h1-2,5-6,9,14H,3-4,7-8H2. The summed E-state index contributed by atoms with van der Waals surface area (Å²) < 4.78 is 6.61. The summed E-state index contributed by atoms with van der Waals surface area (Å²) in [5.41, 5.74) is -0.875. The van der Waals surface area contributed by atoms with Crippen molar-refractivity contribution in [1.82, 2.24) is 9.38 Å². The summed E-state index contributed by atoms with van der Waals surface area (Å²) in [6.45, 7) is 1.10. The van der Waals surface area contributed by atoms with Gasteiger partial charge in [-0.25, -0.2) is 4.98 Å². The molecule has 1 saturated heterocycles. The second kappa shape index (κ2) is 5.49. The van der Waals surface area contributed by atoms with E-state index in [-0.39, 0.29) is 11.9 Å². The number of nitrogens with one attached hydrogen (secondary N) is 1. The molecule has 1 unspecified atom stereocenters. The SMILES string of the molecule is O=c1c([N+](=O)[O-])c(NCC2CCCO2)nc2ccccn12. The van der Waals surface area contributed by atoms with Gasteiger partial charge in [0.1, 0.15) is 5.65 Å². The molecular weight excluding hydrogens is 276 g/mol. The van der Waals surface area contributed by atoms with Gasteiger partial charge in [0.25, 0.3) is 0 Å². The molecule has 3 heterocycles. The summed E-state index contributed by atoms with van der Waals surface area (Å²) in [4.78, 5) is 26.8. The first kappa shape index (κ1) is 13.5. The highest BCUT2D eigenvalue weighted by atomic mass is 16.6. The van der Waals surface area contributed by atoms with E-state index in [0.717, 1.165) is 17.2 Å². The van der Waals surface area contributed by atoms with Gasteiger partial charge in [0.2, 0.25) is 5.82 Å². The molecule has 21 heavy (non-hydrogen) atoms. The quantitative estimate of drug-likeness (QED) is 0.671. The molecule has 0 spiro atoms. The van der Waals surface area contributed by atoms with Crippen LogP contribution in [0.5, 0.6) is 0 Å². The maximum absolute atomic E-state index is 12.2. The number of rotatable bonds is 4. The van der Waals surface area contributed by atoms with Gasteiger partial charge < -0.3 is 10.1 Å². The Bertz CT molecular complexity index is 737. The molecule has 0 aromatic carbocycles. The van der Waals surface area contributed by atoms with E-state index >= 15 is 0 Å². The average Bonchev–Trinajstić information content (AvgIpc) is 2.98. The molecule has 8 nitrogen and oxygen atoms in total. The molecule has 8 heteroatoms. The van der Waals surface area contributed by atoms with Crippen molar-refractivity contribution in [3.8, 4) is 0 Å². The molecule has 0 aliphatic carbocycles. The van der Waals surface area contributed by atoms with Crippen LogP contribution in [0.25, 0.3) is 5.65 Å². The van der Waals surface area contributed by atoms with Crippen LogP contribution in [-0.4, -0.2) is 33.6 Å². The summed E-state index contributed by atoms with van der Waals surface area (Å²) in [6, 6.07) is 4.97. The molecule has 3 rings (SSSR count). The van der Waals surface area contributed by atoms with E-state index in [1.54, 1.807) is 18.2 Å². The zero-order chi connectivity index (χ0) is 14.8. The molecule has 1 fully saturated rings. The van der Waals surface area contributed by atoms with Crippen LogP contribution in [0.3, 0.4) is 0 Å². The van der Waals surface area contributed by atoms with E-state index in [0.29, 0.717) is 18.8 Å². The Morgan fingerprint density at radius 3 is 3.10 bits per heavy atom. The van der Waals surface area contributed by atoms with Gasteiger partial charge in [-0.05, 0) is 25.0 Å². The number of nitrogens with zero attached hydrogens (tertiary/aromatic N) is 3. The van der Waals surface area contributed by atoms with Crippen LogP contribution in [-0.2, 0) is 4.74 Å². The Balaban J connectivity index is 2.00. The highest BCUT2D eigenvalue weighted by Crippen LogP contribution is 2.19. The first-order chi connectivity index (χ1) is 10.2. The molecule has 0 amide bonds. The molecule has 2 aromatic heterocycles. The van der Waals surface area contributed by atoms with Crippen molar-refractivity contribution in [3.63, 3.8) is 0 Å². The smallest absolute Gasteiger partial charge is 0.376 e. The number of hydrogen-bond donors (Lipinski definition) is 1. The Labute approximate surface area is 119 Å². The van der Waals surface area contributed by atoms with Crippen LogP contribution < -0.4 is 10.9 Å². The summed E-state index contributed by atoms with van der Waals surface area (Å²) in [7, 11) is 0. The van der Waals surface area contributed by atoms with Crippen LogP contribution in [0.1, 0.15) is 12.8 Å². The number of aromatic nitrogens is 2. The van der Waals surface area contributed by atoms with Crippen LogP contribution in [0.15, 0.2) is 29.2 Å². The summed E-state index contributed by atoms with van der Waals surface area (Å²) in [5.74, 6) is -0.00769. The van der Waals surface area contributed by atoms with Gasteiger partial charge in [0.05, 0.1) is 11.0 Å². The first-order valence-electron chi connectivity index (χ1n) is 6.68. The number of hydrogen-bond acceptors (Lipinski definition) is 6. The first-order valence-corrected chi connectivity index (χ1v) is 6.68. The molecule has 1 atom stereocenters. The van der Waals surface area contributed by atoms with Gasteiger partial charge >= 0.3 is 11.2 Å². The zero-order valence-electron chi connectivity index (χ0n) is 11.2. The fourth-order valence-electron chi connectivity index (χ4n) is 2.38. The van der Waals surface area contributed by atoms with Gasteiger partial charge in [-0.2, -0.15) is 0 Å². The van der Waals surface area contributed by atoms with Crippen molar-refractivity contribution in [2.75, 3.05) is 18.5 Å². The monoisotopic (exact) mass is 290 g/mol. The van der Waals surface area contributed by atoms with E-state index in [1.807, 2.05) is 0 Å². The fourth-order valence-corrected chi connectivity index (χ4v) is 2.38. The molecule has 0 radical (unpaired) electrons. The number of anilines is 1. The minimum atomic E-state index is -0.702. The highest BCUT2D eigenvalue weighted by Gasteiger charge is 2.24. The number of pyridine rings is 1. The number of nitro groups is 1. The van der Waals surface area contributed by atoms with Crippen LogP contribution in [0.4, 0.5) is 11.5 Å². The number of fused-ring (bicyclic) bond motifs is 1. The second-order valence-corrected chi connectivity index (χ2v) is 4.82. The lowest BCUT2D eigenvalue weighted by Crippen LogP contribution is -2.24. The summed E-state index contributed by atoms with van der Waals surface area (Å²) in [6.07, 6.45) is 3.33. The molecule has 0 saturated carbocycles. The molecule has 1 aliphatic rings. The van der Waals surface area contributed by atoms with E-state index in [2.05, 4.69) is 10.3 Å². The van der Waals surface area contributed by atoms with E-state index in [4.69, 9.17) is 4.74 Å². The number of ether oxygens (including phenoxy) is 1. The van der Waals surface area contributed by atoms with E-state index in [9.17, 15) is 14.9 Å². The maximum Gasteiger partial charge on any atom is 0.376 e. The highest BCUT2D eigenvalue weighted by molar-refractivity contribution is 5.59. The van der Waals surface area contributed by atoms with Gasteiger partial charge in [-0.3, -0.25) is 19.3 Å².